The van der Waals surface area contributed by atoms with E-state index in [0.29, 0.717) is 12.0 Å². The molecule has 0 aliphatic carbocycles. The van der Waals surface area contributed by atoms with E-state index in [9.17, 15) is 4.79 Å². The molecule has 1 amide bonds. The largest absolute Gasteiger partial charge is 0.395 e. The predicted molar refractivity (Wildman–Crippen MR) is 86.2 cm³/mol. The van der Waals surface area contributed by atoms with Crippen LogP contribution in [0.4, 0.5) is 0 Å². The second-order valence-electron chi connectivity index (χ2n) is 5.84. The third-order valence-corrected chi connectivity index (χ3v) is 4.01. The van der Waals surface area contributed by atoms with E-state index in [1.165, 1.54) is 0 Å². The lowest BCUT2D eigenvalue weighted by Gasteiger charge is -2.35. The third-order valence-electron chi connectivity index (χ3n) is 4.01. The number of rotatable bonds is 4. The van der Waals surface area contributed by atoms with Crippen LogP contribution >= 0.6 is 0 Å². The molecule has 0 fully saturated rings. The fraction of sp³-hybridized carbons (Fsp3) is 0.500. The first kappa shape index (κ1) is 17.3. The van der Waals surface area contributed by atoms with E-state index in [1.54, 1.807) is 4.90 Å². The lowest BCUT2D eigenvalue weighted by atomic mass is 9.98. The molecule has 0 saturated carbocycles. The summed E-state index contributed by atoms with van der Waals surface area (Å²) in [4.78, 5) is 14.3. The van der Waals surface area contributed by atoms with Crippen LogP contribution in [0.15, 0.2) is 18.2 Å². The monoisotopic (exact) mass is 287 g/mol. The van der Waals surface area contributed by atoms with Crippen molar-refractivity contribution in [1.82, 2.24) is 4.90 Å². The van der Waals surface area contributed by atoms with Crippen molar-refractivity contribution < 1.29 is 9.90 Å². The Morgan fingerprint density at radius 3 is 2.57 bits per heavy atom. The van der Waals surface area contributed by atoms with E-state index in [0.717, 1.165) is 17.5 Å². The number of amides is 1. The lowest BCUT2D eigenvalue weighted by molar-refractivity contribution is 0.0620. The first-order chi connectivity index (χ1) is 9.83. The molecule has 3 nitrogen and oxygen atoms in total. The molecule has 1 rings (SSSR count). The first-order valence-electron chi connectivity index (χ1n) is 7.32. The van der Waals surface area contributed by atoms with Crippen molar-refractivity contribution in [3.63, 3.8) is 0 Å². The van der Waals surface area contributed by atoms with E-state index in [2.05, 4.69) is 32.6 Å². The molecule has 1 aromatic carbocycles. The van der Waals surface area contributed by atoms with E-state index in [1.807, 2.05) is 32.2 Å². The lowest BCUT2D eigenvalue weighted by Crippen LogP contribution is -2.44. The minimum absolute atomic E-state index is 0.0276. The Morgan fingerprint density at radius 2 is 2.05 bits per heavy atom. The summed E-state index contributed by atoms with van der Waals surface area (Å²) in [5.74, 6) is 5.95. The Bertz CT molecular complexity index is 564. The van der Waals surface area contributed by atoms with E-state index in [-0.39, 0.29) is 18.1 Å². The highest BCUT2D eigenvalue weighted by Gasteiger charge is 2.26. The molecule has 1 aromatic rings. The van der Waals surface area contributed by atoms with Crippen molar-refractivity contribution in [2.75, 3.05) is 13.7 Å². The molecule has 0 aromatic heterocycles. The molecule has 0 aliphatic heterocycles. The summed E-state index contributed by atoms with van der Waals surface area (Å²) in [5.41, 5.74) is 2.40. The molecule has 0 heterocycles. The molecule has 114 valence electrons. The Balaban J connectivity index is 2.99. The van der Waals surface area contributed by atoms with Gasteiger partial charge in [-0.3, -0.25) is 4.79 Å². The van der Waals surface area contributed by atoms with Gasteiger partial charge in [-0.05, 0) is 51.0 Å². The molecule has 1 N–H and O–H groups in total. The van der Waals surface area contributed by atoms with Crippen molar-refractivity contribution in [2.24, 2.45) is 0 Å². The van der Waals surface area contributed by atoms with Crippen molar-refractivity contribution in [3.8, 4) is 11.8 Å². The Morgan fingerprint density at radius 1 is 1.38 bits per heavy atom. The molecule has 0 spiro atoms. The number of hydrogen-bond donors (Lipinski definition) is 1. The number of benzene rings is 1. The maximum absolute atomic E-state index is 12.5. The zero-order valence-electron chi connectivity index (χ0n) is 13.7. The number of carbonyl (C=O) groups excluding carboxylic acids is 1. The van der Waals surface area contributed by atoms with Crippen molar-refractivity contribution in [2.45, 2.75) is 46.1 Å². The zero-order chi connectivity index (χ0) is 16.0. The second kappa shape index (κ2) is 7.28. The van der Waals surface area contributed by atoms with Crippen LogP contribution in [0.1, 0.15) is 55.1 Å². The second-order valence-corrected chi connectivity index (χ2v) is 5.84. The number of aliphatic hydroxyl groups is 1. The van der Waals surface area contributed by atoms with E-state index in [4.69, 9.17) is 5.11 Å². The van der Waals surface area contributed by atoms with Crippen LogP contribution < -0.4 is 0 Å². The molecular weight excluding hydrogens is 262 g/mol. The number of carbonyl (C=O) groups is 1. The fourth-order valence-electron chi connectivity index (χ4n) is 1.86. The Kier molecular flexibility index (Phi) is 5.99. The molecule has 21 heavy (non-hydrogen) atoms. The average molecular weight is 287 g/mol. The van der Waals surface area contributed by atoms with Gasteiger partial charge in [0.25, 0.3) is 5.91 Å². The van der Waals surface area contributed by atoms with Gasteiger partial charge in [0.05, 0.1) is 6.61 Å². The third kappa shape index (κ3) is 4.34. The van der Waals surface area contributed by atoms with Gasteiger partial charge in [0.2, 0.25) is 0 Å². The smallest absolute Gasteiger partial charge is 0.254 e. The standard InChI is InChI=1S/C18H25NO2/c1-6-18(3,4)19(5)17(21)16-11-10-15(14(2)13-16)9-7-8-12-20/h10-11,13,20H,6,8,12H2,1-5H3. The van der Waals surface area contributed by atoms with Gasteiger partial charge in [-0.15, -0.1) is 0 Å². The van der Waals surface area contributed by atoms with Crippen LogP contribution in [0.3, 0.4) is 0 Å². The highest BCUT2D eigenvalue weighted by atomic mass is 16.2. The van der Waals surface area contributed by atoms with Crippen LogP contribution in [-0.2, 0) is 0 Å². The SMILES string of the molecule is CCC(C)(C)N(C)C(=O)c1ccc(C#CCCO)c(C)c1. The molecule has 0 radical (unpaired) electrons. The zero-order valence-corrected chi connectivity index (χ0v) is 13.7. The van der Waals surface area contributed by atoms with Crippen LogP contribution in [0.25, 0.3) is 0 Å². The highest BCUT2D eigenvalue weighted by molar-refractivity contribution is 5.94. The number of aryl methyl sites for hydroxylation is 1. The van der Waals surface area contributed by atoms with Gasteiger partial charge in [-0.25, -0.2) is 0 Å². The van der Waals surface area contributed by atoms with Crippen molar-refractivity contribution in [1.29, 1.82) is 0 Å². The minimum Gasteiger partial charge on any atom is -0.395 e. The van der Waals surface area contributed by atoms with E-state index < -0.39 is 0 Å². The predicted octanol–water partition coefficient (Wildman–Crippen LogP) is 2.99. The topological polar surface area (TPSA) is 40.5 Å². The van der Waals surface area contributed by atoms with Gasteiger partial charge in [0, 0.05) is 30.1 Å². The Labute approximate surface area is 128 Å². The summed E-state index contributed by atoms with van der Waals surface area (Å²) in [7, 11) is 1.84. The summed E-state index contributed by atoms with van der Waals surface area (Å²) in [6.45, 7) is 8.22. The van der Waals surface area contributed by atoms with Crippen molar-refractivity contribution in [3.05, 3.63) is 34.9 Å². The number of aliphatic hydroxyl groups excluding tert-OH is 1. The molecule has 0 atom stereocenters. The quantitative estimate of drug-likeness (QED) is 0.865. The molecular formula is C18H25NO2. The fourth-order valence-corrected chi connectivity index (χ4v) is 1.86. The normalized spacial score (nSPS) is 10.8. The summed E-state index contributed by atoms with van der Waals surface area (Å²) in [6.07, 6.45) is 1.37. The minimum atomic E-state index is -0.162. The summed E-state index contributed by atoms with van der Waals surface area (Å²) in [6, 6.07) is 5.58. The van der Waals surface area contributed by atoms with Crippen LogP contribution in [-0.4, -0.2) is 35.1 Å². The van der Waals surface area contributed by atoms with Crippen LogP contribution in [0, 0.1) is 18.8 Å². The molecule has 0 bridgehead atoms. The maximum Gasteiger partial charge on any atom is 0.254 e. The Hall–Kier alpha value is -1.79. The van der Waals surface area contributed by atoms with Gasteiger partial charge in [-0.2, -0.15) is 0 Å². The van der Waals surface area contributed by atoms with Gasteiger partial charge >= 0.3 is 0 Å². The number of nitrogens with zero attached hydrogens (tertiary/aromatic N) is 1. The van der Waals surface area contributed by atoms with Crippen LogP contribution in [0.5, 0.6) is 0 Å². The molecule has 0 saturated heterocycles. The van der Waals surface area contributed by atoms with Crippen molar-refractivity contribution >= 4 is 5.91 Å². The summed E-state index contributed by atoms with van der Waals surface area (Å²) < 4.78 is 0. The molecule has 0 unspecified atom stereocenters. The van der Waals surface area contributed by atoms with Gasteiger partial charge in [0.1, 0.15) is 0 Å². The van der Waals surface area contributed by atoms with Gasteiger partial charge in [0.15, 0.2) is 0 Å². The highest BCUT2D eigenvalue weighted by Crippen LogP contribution is 2.20. The summed E-state index contributed by atoms with van der Waals surface area (Å²) >= 11 is 0. The number of hydrogen-bond acceptors (Lipinski definition) is 2. The van der Waals surface area contributed by atoms with Crippen LogP contribution in [0.2, 0.25) is 0 Å². The molecule has 3 heteroatoms. The average Bonchev–Trinajstić information content (AvgIpc) is 2.47. The maximum atomic E-state index is 12.5. The van der Waals surface area contributed by atoms with E-state index >= 15 is 0 Å². The molecule has 0 aliphatic rings. The first-order valence-corrected chi connectivity index (χ1v) is 7.32. The van der Waals surface area contributed by atoms with Gasteiger partial charge in [-0.1, -0.05) is 18.8 Å². The van der Waals surface area contributed by atoms with Gasteiger partial charge < -0.3 is 10.0 Å². The summed E-state index contributed by atoms with van der Waals surface area (Å²) in [5, 5.41) is 8.74.